The van der Waals surface area contributed by atoms with Gasteiger partial charge in [-0.2, -0.15) is 0 Å². The molecule has 2 aromatic carbocycles. The summed E-state index contributed by atoms with van der Waals surface area (Å²) in [5, 5.41) is 0. The Bertz CT molecular complexity index is 946. The van der Waals surface area contributed by atoms with Gasteiger partial charge in [0.15, 0.2) is 17.2 Å². The second kappa shape index (κ2) is 7.26. The molecule has 0 aliphatic carbocycles. The molecular weight excluding hydrogens is 336 g/mol. The third-order valence-electron chi connectivity index (χ3n) is 3.87. The summed E-state index contributed by atoms with van der Waals surface area (Å²) < 4.78 is 21.2. The Kier molecular flexibility index (Phi) is 4.88. The third kappa shape index (κ3) is 2.99. The maximum atomic E-state index is 13.1. The SMILES string of the molecule is COc1cc(C(=O)c2nc3ccccc3nc2OC)cc(OC)c1OC. The Morgan fingerprint density at radius 2 is 1.38 bits per heavy atom. The number of ether oxygens (including phenoxy) is 4. The largest absolute Gasteiger partial charge is 0.493 e. The van der Waals surface area contributed by atoms with Crippen LogP contribution in [0.2, 0.25) is 0 Å². The number of fused-ring (bicyclic) bond motifs is 1. The van der Waals surface area contributed by atoms with Gasteiger partial charge in [-0.25, -0.2) is 9.97 Å². The number of benzene rings is 2. The van der Waals surface area contributed by atoms with Gasteiger partial charge in [-0.15, -0.1) is 0 Å². The summed E-state index contributed by atoms with van der Waals surface area (Å²) >= 11 is 0. The second-order valence-electron chi connectivity index (χ2n) is 5.31. The summed E-state index contributed by atoms with van der Waals surface area (Å²) in [6.07, 6.45) is 0. The Morgan fingerprint density at radius 3 is 1.88 bits per heavy atom. The average Bonchev–Trinajstić information content (AvgIpc) is 2.70. The average molecular weight is 354 g/mol. The first-order valence-electron chi connectivity index (χ1n) is 7.78. The first-order valence-corrected chi connectivity index (χ1v) is 7.78. The van der Waals surface area contributed by atoms with Crippen LogP contribution in [0.5, 0.6) is 23.1 Å². The lowest BCUT2D eigenvalue weighted by Gasteiger charge is -2.14. The van der Waals surface area contributed by atoms with Crippen molar-refractivity contribution >= 4 is 16.8 Å². The zero-order chi connectivity index (χ0) is 18.7. The molecule has 0 amide bonds. The lowest BCUT2D eigenvalue weighted by atomic mass is 10.1. The van der Waals surface area contributed by atoms with Crippen molar-refractivity contribution in [3.05, 3.63) is 47.7 Å². The maximum Gasteiger partial charge on any atom is 0.244 e. The standard InChI is InChI=1S/C19H18N2O5/c1-23-14-9-11(10-15(24-2)18(14)25-3)17(22)16-19(26-4)21-13-8-6-5-7-12(13)20-16/h5-10H,1-4H3. The molecule has 0 bridgehead atoms. The number of hydrogen-bond acceptors (Lipinski definition) is 7. The van der Waals surface area contributed by atoms with Gasteiger partial charge >= 0.3 is 0 Å². The maximum absolute atomic E-state index is 13.1. The molecule has 0 aliphatic rings. The number of hydrogen-bond donors (Lipinski definition) is 0. The molecule has 0 spiro atoms. The van der Waals surface area contributed by atoms with Gasteiger partial charge < -0.3 is 18.9 Å². The fourth-order valence-electron chi connectivity index (χ4n) is 2.62. The van der Waals surface area contributed by atoms with Gasteiger partial charge in [-0.1, -0.05) is 12.1 Å². The van der Waals surface area contributed by atoms with E-state index in [9.17, 15) is 4.79 Å². The minimum Gasteiger partial charge on any atom is -0.493 e. The van der Waals surface area contributed by atoms with Gasteiger partial charge in [0.05, 0.1) is 39.5 Å². The van der Waals surface area contributed by atoms with Gasteiger partial charge in [0.2, 0.25) is 17.4 Å². The topological polar surface area (TPSA) is 79.8 Å². The van der Waals surface area contributed by atoms with Crippen LogP contribution < -0.4 is 18.9 Å². The highest BCUT2D eigenvalue weighted by Gasteiger charge is 2.23. The molecule has 3 aromatic rings. The Morgan fingerprint density at radius 1 is 0.808 bits per heavy atom. The van der Waals surface area contributed by atoms with Crippen LogP contribution in [0.25, 0.3) is 11.0 Å². The Labute approximate surface area is 150 Å². The zero-order valence-corrected chi connectivity index (χ0v) is 14.9. The fraction of sp³-hybridized carbons (Fsp3) is 0.211. The van der Waals surface area contributed by atoms with E-state index in [1.165, 1.54) is 28.4 Å². The van der Waals surface area contributed by atoms with Gasteiger partial charge in [0, 0.05) is 5.56 Å². The number of para-hydroxylation sites is 2. The smallest absolute Gasteiger partial charge is 0.244 e. The second-order valence-corrected chi connectivity index (χ2v) is 5.31. The van der Waals surface area contributed by atoms with Gasteiger partial charge in [-0.05, 0) is 24.3 Å². The predicted octanol–water partition coefficient (Wildman–Crippen LogP) is 2.90. The Balaban J connectivity index is 2.16. The molecule has 26 heavy (non-hydrogen) atoms. The summed E-state index contributed by atoms with van der Waals surface area (Å²) in [6, 6.07) is 10.4. The van der Waals surface area contributed by atoms with Crippen molar-refractivity contribution in [3.63, 3.8) is 0 Å². The quantitative estimate of drug-likeness (QED) is 0.630. The number of aromatic nitrogens is 2. The highest BCUT2D eigenvalue weighted by Crippen LogP contribution is 2.39. The van der Waals surface area contributed by atoms with Crippen molar-refractivity contribution < 1.29 is 23.7 Å². The molecule has 134 valence electrons. The molecule has 0 aliphatic heterocycles. The number of rotatable bonds is 6. The molecule has 0 unspecified atom stereocenters. The van der Waals surface area contributed by atoms with Gasteiger partial charge in [0.25, 0.3) is 0 Å². The number of methoxy groups -OCH3 is 4. The van der Waals surface area contributed by atoms with Crippen molar-refractivity contribution in [1.29, 1.82) is 0 Å². The van der Waals surface area contributed by atoms with Crippen molar-refractivity contribution in [2.45, 2.75) is 0 Å². The molecule has 0 fully saturated rings. The molecule has 1 heterocycles. The highest BCUT2D eigenvalue weighted by molar-refractivity contribution is 6.10. The molecule has 0 saturated carbocycles. The van der Waals surface area contributed by atoms with Gasteiger partial charge in [0.1, 0.15) is 0 Å². The van der Waals surface area contributed by atoms with E-state index in [-0.39, 0.29) is 17.4 Å². The predicted molar refractivity (Wildman–Crippen MR) is 95.6 cm³/mol. The van der Waals surface area contributed by atoms with Crippen molar-refractivity contribution in [2.24, 2.45) is 0 Å². The molecule has 0 N–H and O–H groups in total. The van der Waals surface area contributed by atoms with Crippen LogP contribution in [-0.4, -0.2) is 44.2 Å². The number of carbonyl (C=O) groups is 1. The van der Waals surface area contributed by atoms with E-state index in [1.807, 2.05) is 12.1 Å². The van der Waals surface area contributed by atoms with E-state index in [0.29, 0.717) is 33.8 Å². The van der Waals surface area contributed by atoms with Crippen LogP contribution in [0.3, 0.4) is 0 Å². The van der Waals surface area contributed by atoms with Gasteiger partial charge in [-0.3, -0.25) is 4.79 Å². The molecule has 0 atom stereocenters. The number of ketones is 1. The molecule has 3 rings (SSSR count). The van der Waals surface area contributed by atoms with Crippen LogP contribution in [-0.2, 0) is 0 Å². The minimum absolute atomic E-state index is 0.112. The normalized spacial score (nSPS) is 10.5. The summed E-state index contributed by atoms with van der Waals surface area (Å²) in [4.78, 5) is 21.9. The molecule has 7 nitrogen and oxygen atoms in total. The van der Waals surface area contributed by atoms with Crippen LogP contribution in [0.15, 0.2) is 36.4 Å². The zero-order valence-electron chi connectivity index (χ0n) is 14.9. The lowest BCUT2D eigenvalue weighted by Crippen LogP contribution is -2.09. The van der Waals surface area contributed by atoms with E-state index >= 15 is 0 Å². The minimum atomic E-state index is -0.362. The number of carbonyl (C=O) groups excluding carboxylic acids is 1. The van der Waals surface area contributed by atoms with Crippen LogP contribution in [0.4, 0.5) is 0 Å². The fourth-order valence-corrected chi connectivity index (χ4v) is 2.62. The third-order valence-corrected chi connectivity index (χ3v) is 3.87. The molecular formula is C19H18N2O5. The Hall–Kier alpha value is -3.35. The first-order chi connectivity index (χ1) is 12.6. The summed E-state index contributed by atoms with van der Waals surface area (Å²) in [5.74, 6) is 0.954. The van der Waals surface area contributed by atoms with Crippen molar-refractivity contribution in [2.75, 3.05) is 28.4 Å². The van der Waals surface area contributed by atoms with Crippen molar-refractivity contribution in [1.82, 2.24) is 9.97 Å². The monoisotopic (exact) mass is 354 g/mol. The van der Waals surface area contributed by atoms with Crippen LogP contribution >= 0.6 is 0 Å². The van der Waals surface area contributed by atoms with Crippen LogP contribution in [0, 0.1) is 0 Å². The molecule has 7 heteroatoms. The lowest BCUT2D eigenvalue weighted by molar-refractivity contribution is 0.103. The van der Waals surface area contributed by atoms with E-state index in [4.69, 9.17) is 18.9 Å². The molecule has 0 radical (unpaired) electrons. The summed E-state index contributed by atoms with van der Waals surface area (Å²) in [6.45, 7) is 0. The first kappa shape index (κ1) is 17.5. The van der Waals surface area contributed by atoms with E-state index in [1.54, 1.807) is 24.3 Å². The summed E-state index contributed by atoms with van der Waals surface area (Å²) in [5.41, 5.74) is 1.68. The number of nitrogens with zero attached hydrogens (tertiary/aromatic N) is 2. The molecule has 1 aromatic heterocycles. The van der Waals surface area contributed by atoms with E-state index in [0.717, 1.165) is 0 Å². The van der Waals surface area contributed by atoms with Crippen LogP contribution in [0.1, 0.15) is 16.1 Å². The van der Waals surface area contributed by atoms with Crippen molar-refractivity contribution in [3.8, 4) is 23.1 Å². The van der Waals surface area contributed by atoms with E-state index in [2.05, 4.69) is 9.97 Å². The highest BCUT2D eigenvalue weighted by atomic mass is 16.5. The summed E-state index contributed by atoms with van der Waals surface area (Å²) in [7, 11) is 5.92. The van der Waals surface area contributed by atoms with E-state index < -0.39 is 0 Å². The molecule has 0 saturated heterocycles.